The number of aliphatic imine (C=N–C) groups is 1. The first kappa shape index (κ1) is 14.7. The summed E-state index contributed by atoms with van der Waals surface area (Å²) < 4.78 is 6.39. The topological polar surface area (TPSA) is 105 Å². The maximum Gasteiger partial charge on any atom is 0.357 e. The zero-order chi connectivity index (χ0) is 16.4. The largest absolute Gasteiger partial charge is 0.464 e. The number of nitriles is 1. The van der Waals surface area contributed by atoms with Gasteiger partial charge in [0.05, 0.1) is 30.6 Å². The molecule has 2 aromatic rings. The van der Waals surface area contributed by atoms with Crippen LogP contribution in [0.3, 0.4) is 0 Å². The monoisotopic (exact) mass is 309 g/mol. The van der Waals surface area contributed by atoms with Crippen LogP contribution in [0.1, 0.15) is 21.6 Å². The first-order valence-electron chi connectivity index (χ1n) is 7.04. The van der Waals surface area contributed by atoms with Gasteiger partial charge in [0.15, 0.2) is 5.69 Å². The number of anilines is 1. The standard InChI is InChI=1S/C16H15N5O2/c1-23-16(22)14-13(18)10(8-17)9-21(14)12-5-3-2-4-11(12)15-19-6-7-20-15/h2-5,9H,6-7,18H2,1H3,(H,19,20). The number of amidine groups is 1. The fourth-order valence-electron chi connectivity index (χ4n) is 2.57. The lowest BCUT2D eigenvalue weighted by Crippen LogP contribution is -2.22. The van der Waals surface area contributed by atoms with Gasteiger partial charge in [0, 0.05) is 18.3 Å². The van der Waals surface area contributed by atoms with Gasteiger partial charge in [-0.2, -0.15) is 5.26 Å². The molecular weight excluding hydrogens is 294 g/mol. The SMILES string of the molecule is COC(=O)c1c(N)c(C#N)cn1-c1ccccc1C1=NCCN1. The van der Waals surface area contributed by atoms with E-state index < -0.39 is 5.97 Å². The van der Waals surface area contributed by atoms with E-state index in [9.17, 15) is 10.1 Å². The number of aromatic nitrogens is 1. The molecule has 0 unspecified atom stereocenters. The van der Waals surface area contributed by atoms with Crippen molar-refractivity contribution in [3.8, 4) is 11.8 Å². The average molecular weight is 309 g/mol. The molecule has 0 atom stereocenters. The highest BCUT2D eigenvalue weighted by Crippen LogP contribution is 2.26. The van der Waals surface area contributed by atoms with E-state index in [2.05, 4.69) is 10.3 Å². The maximum atomic E-state index is 12.1. The number of nitrogens with zero attached hydrogens (tertiary/aromatic N) is 3. The lowest BCUT2D eigenvalue weighted by molar-refractivity contribution is 0.0593. The number of carbonyl (C=O) groups is 1. The highest BCUT2D eigenvalue weighted by Gasteiger charge is 2.24. The van der Waals surface area contributed by atoms with Crippen molar-refractivity contribution in [2.75, 3.05) is 25.9 Å². The minimum atomic E-state index is -0.597. The zero-order valence-electron chi connectivity index (χ0n) is 12.5. The van der Waals surface area contributed by atoms with Gasteiger partial charge in [0.2, 0.25) is 0 Å². The van der Waals surface area contributed by atoms with Crippen LogP contribution < -0.4 is 11.1 Å². The third-order valence-corrected chi connectivity index (χ3v) is 3.64. The number of nitrogen functional groups attached to an aromatic ring is 1. The Labute approximate surface area is 133 Å². The molecule has 0 fully saturated rings. The molecule has 1 aliphatic heterocycles. The highest BCUT2D eigenvalue weighted by atomic mass is 16.5. The molecule has 0 saturated carbocycles. The summed E-state index contributed by atoms with van der Waals surface area (Å²) in [5.74, 6) is 0.155. The number of carbonyl (C=O) groups excluding carboxylic acids is 1. The van der Waals surface area contributed by atoms with Crippen LogP contribution >= 0.6 is 0 Å². The molecule has 116 valence electrons. The average Bonchev–Trinajstić information content (AvgIpc) is 3.22. The van der Waals surface area contributed by atoms with Gasteiger partial charge in [-0.05, 0) is 12.1 Å². The molecular formula is C16H15N5O2. The number of para-hydroxylation sites is 1. The lowest BCUT2D eigenvalue weighted by Gasteiger charge is -2.13. The van der Waals surface area contributed by atoms with Gasteiger partial charge < -0.3 is 20.4 Å². The Morgan fingerprint density at radius 3 is 2.91 bits per heavy atom. The van der Waals surface area contributed by atoms with Crippen molar-refractivity contribution in [1.29, 1.82) is 5.26 Å². The van der Waals surface area contributed by atoms with E-state index >= 15 is 0 Å². The molecule has 3 rings (SSSR count). The van der Waals surface area contributed by atoms with E-state index in [0.29, 0.717) is 12.2 Å². The summed E-state index contributed by atoms with van der Waals surface area (Å²) in [6, 6.07) is 9.46. The summed E-state index contributed by atoms with van der Waals surface area (Å²) in [6.07, 6.45) is 1.54. The van der Waals surface area contributed by atoms with Gasteiger partial charge in [-0.25, -0.2) is 4.79 Å². The Kier molecular flexibility index (Phi) is 3.73. The fourth-order valence-corrected chi connectivity index (χ4v) is 2.57. The molecule has 0 aliphatic carbocycles. The maximum absolute atomic E-state index is 12.1. The molecule has 1 aromatic carbocycles. The van der Waals surface area contributed by atoms with Crippen molar-refractivity contribution >= 4 is 17.5 Å². The van der Waals surface area contributed by atoms with Gasteiger partial charge >= 0.3 is 5.97 Å². The molecule has 0 bridgehead atoms. The molecule has 1 aliphatic rings. The Hall–Kier alpha value is -3.27. The van der Waals surface area contributed by atoms with Crippen LogP contribution in [0.2, 0.25) is 0 Å². The van der Waals surface area contributed by atoms with Crippen molar-refractivity contribution in [3.05, 3.63) is 47.3 Å². The van der Waals surface area contributed by atoms with Crippen LogP contribution in [0, 0.1) is 11.3 Å². The number of methoxy groups -OCH3 is 1. The normalized spacial score (nSPS) is 13.1. The number of hydrogen-bond donors (Lipinski definition) is 2. The van der Waals surface area contributed by atoms with Gasteiger partial charge in [0.25, 0.3) is 0 Å². The van der Waals surface area contributed by atoms with E-state index in [0.717, 1.165) is 17.9 Å². The highest BCUT2D eigenvalue weighted by molar-refractivity contribution is 6.04. The number of hydrogen-bond acceptors (Lipinski definition) is 6. The number of nitrogens with one attached hydrogen (secondary N) is 1. The molecule has 3 N–H and O–H groups in total. The van der Waals surface area contributed by atoms with Crippen LogP contribution in [-0.2, 0) is 4.74 Å². The molecule has 2 heterocycles. The number of nitrogens with two attached hydrogens (primary N) is 1. The van der Waals surface area contributed by atoms with Gasteiger partial charge in [-0.3, -0.25) is 4.99 Å². The molecule has 7 heteroatoms. The van der Waals surface area contributed by atoms with Crippen LogP contribution in [0.25, 0.3) is 5.69 Å². The van der Waals surface area contributed by atoms with Crippen LogP contribution in [0.5, 0.6) is 0 Å². The summed E-state index contributed by atoms with van der Waals surface area (Å²) in [7, 11) is 1.28. The van der Waals surface area contributed by atoms with Gasteiger partial charge in [0.1, 0.15) is 11.9 Å². The Bertz CT molecular complexity index is 845. The summed E-state index contributed by atoms with van der Waals surface area (Å²) in [5.41, 5.74) is 7.94. The van der Waals surface area contributed by atoms with Crippen molar-refractivity contribution < 1.29 is 9.53 Å². The number of ether oxygens (including phenoxy) is 1. The fraction of sp³-hybridized carbons (Fsp3) is 0.188. The third kappa shape index (κ3) is 2.40. The number of benzene rings is 1. The van der Waals surface area contributed by atoms with Crippen LogP contribution in [0.4, 0.5) is 5.69 Å². The van der Waals surface area contributed by atoms with Gasteiger partial charge in [-0.15, -0.1) is 0 Å². The van der Waals surface area contributed by atoms with E-state index in [1.807, 2.05) is 30.3 Å². The summed E-state index contributed by atoms with van der Waals surface area (Å²) in [6.45, 7) is 1.47. The molecule has 7 nitrogen and oxygen atoms in total. The second-order valence-electron chi connectivity index (χ2n) is 4.95. The summed E-state index contributed by atoms with van der Waals surface area (Å²) in [4.78, 5) is 16.5. The van der Waals surface area contributed by atoms with E-state index in [4.69, 9.17) is 10.5 Å². The molecule has 0 saturated heterocycles. The quantitative estimate of drug-likeness (QED) is 0.825. The lowest BCUT2D eigenvalue weighted by atomic mass is 10.1. The van der Waals surface area contributed by atoms with Crippen molar-refractivity contribution in [2.45, 2.75) is 0 Å². The predicted octanol–water partition coefficient (Wildman–Crippen LogP) is 1.07. The van der Waals surface area contributed by atoms with E-state index in [1.165, 1.54) is 13.3 Å². The Morgan fingerprint density at radius 1 is 1.48 bits per heavy atom. The molecule has 0 spiro atoms. The molecule has 0 radical (unpaired) electrons. The van der Waals surface area contributed by atoms with E-state index in [1.54, 1.807) is 4.57 Å². The summed E-state index contributed by atoms with van der Waals surface area (Å²) in [5, 5.41) is 12.4. The van der Waals surface area contributed by atoms with Crippen molar-refractivity contribution in [2.24, 2.45) is 4.99 Å². The smallest absolute Gasteiger partial charge is 0.357 e. The van der Waals surface area contributed by atoms with Crippen molar-refractivity contribution in [1.82, 2.24) is 9.88 Å². The molecule has 1 aromatic heterocycles. The number of rotatable bonds is 3. The second kappa shape index (κ2) is 5.85. The first-order chi connectivity index (χ1) is 11.2. The first-order valence-corrected chi connectivity index (χ1v) is 7.04. The van der Waals surface area contributed by atoms with Crippen LogP contribution in [0.15, 0.2) is 35.5 Å². The number of esters is 1. The summed E-state index contributed by atoms with van der Waals surface area (Å²) >= 11 is 0. The second-order valence-corrected chi connectivity index (χ2v) is 4.95. The Balaban J connectivity index is 2.24. The minimum Gasteiger partial charge on any atom is -0.464 e. The van der Waals surface area contributed by atoms with Crippen LogP contribution in [-0.4, -0.2) is 36.6 Å². The van der Waals surface area contributed by atoms with E-state index in [-0.39, 0.29) is 16.9 Å². The van der Waals surface area contributed by atoms with Gasteiger partial charge in [-0.1, -0.05) is 12.1 Å². The van der Waals surface area contributed by atoms with Crippen molar-refractivity contribution in [3.63, 3.8) is 0 Å². The minimum absolute atomic E-state index is 0.107. The Morgan fingerprint density at radius 2 is 2.26 bits per heavy atom. The molecule has 0 amide bonds. The predicted molar refractivity (Wildman–Crippen MR) is 85.6 cm³/mol. The molecule has 23 heavy (non-hydrogen) atoms. The zero-order valence-corrected chi connectivity index (χ0v) is 12.5. The third-order valence-electron chi connectivity index (χ3n) is 3.64.